The molecule has 12 heteroatoms. The number of aliphatic hydroxyl groups is 1. The number of aliphatic carboxylic acids is 2. The first-order chi connectivity index (χ1) is 17.0. The van der Waals surface area contributed by atoms with Crippen molar-refractivity contribution in [2.24, 2.45) is 0 Å². The minimum atomic E-state index is -2.19. The highest BCUT2D eigenvalue weighted by molar-refractivity contribution is 5.93. The van der Waals surface area contributed by atoms with Crippen molar-refractivity contribution < 1.29 is 46.9 Å². The molecule has 1 aliphatic rings. The highest BCUT2D eigenvalue weighted by Gasteiger charge is 2.28. The topological polar surface area (TPSA) is 120 Å². The van der Waals surface area contributed by atoms with Gasteiger partial charge in [0.25, 0.3) is 0 Å². The molecule has 0 saturated carbocycles. The van der Waals surface area contributed by atoms with Gasteiger partial charge in [-0.15, -0.1) is 0 Å². The summed E-state index contributed by atoms with van der Waals surface area (Å²) < 4.78 is 68.2. The highest BCUT2D eigenvalue weighted by Crippen LogP contribution is 2.39. The molecule has 1 aromatic heterocycles. The van der Waals surface area contributed by atoms with E-state index in [1.54, 1.807) is 24.3 Å². The summed E-state index contributed by atoms with van der Waals surface area (Å²) in [5.74, 6) is -12.4. The Labute approximate surface area is 200 Å². The number of aliphatic hydroxyl groups excluding tert-OH is 1. The number of halogens is 5. The van der Waals surface area contributed by atoms with Gasteiger partial charge in [-0.3, -0.25) is 4.98 Å². The summed E-state index contributed by atoms with van der Waals surface area (Å²) in [7, 11) is 0. The Bertz CT molecular complexity index is 1320. The molecule has 190 valence electrons. The molecule has 0 saturated heterocycles. The zero-order chi connectivity index (χ0) is 26.6. The number of rotatable bonds is 5. The van der Waals surface area contributed by atoms with Crippen molar-refractivity contribution in [2.75, 3.05) is 5.32 Å². The molecule has 3 aromatic rings. The van der Waals surface area contributed by atoms with E-state index in [9.17, 15) is 36.6 Å². The van der Waals surface area contributed by atoms with Crippen LogP contribution in [-0.4, -0.2) is 32.2 Å². The van der Waals surface area contributed by atoms with Crippen molar-refractivity contribution in [3.05, 3.63) is 82.3 Å². The maximum absolute atomic E-state index is 14.0. The van der Waals surface area contributed by atoms with Crippen molar-refractivity contribution in [1.82, 2.24) is 4.98 Å². The summed E-state index contributed by atoms with van der Waals surface area (Å²) in [6.07, 6.45) is 2.12. The number of pyridine rings is 1. The Morgan fingerprint density at radius 2 is 1.50 bits per heavy atom. The number of hydrogen-bond acceptors (Lipinski definition) is 5. The molecule has 0 amide bonds. The second kappa shape index (κ2) is 11.1. The first kappa shape index (κ1) is 26.5. The number of carbonyl (C=O) groups is 2. The van der Waals surface area contributed by atoms with Gasteiger partial charge in [-0.1, -0.05) is 18.2 Å². The number of nitrogens with one attached hydrogen (secondary N) is 1. The number of anilines is 1. The van der Waals surface area contributed by atoms with Gasteiger partial charge in [0.2, 0.25) is 5.82 Å². The van der Waals surface area contributed by atoms with Gasteiger partial charge in [0, 0.05) is 40.9 Å². The Hall–Kier alpha value is -4.06. The number of aromatic nitrogens is 1. The average molecular weight is 510 g/mol. The predicted octanol–water partition coefficient (Wildman–Crippen LogP) is 4.62. The van der Waals surface area contributed by atoms with E-state index in [2.05, 4.69) is 10.3 Å². The lowest BCUT2D eigenvalue weighted by atomic mass is 9.90. The smallest absolute Gasteiger partial charge is 0.328 e. The Morgan fingerprint density at radius 1 is 0.944 bits per heavy atom. The number of aryl methyl sites for hydroxylation is 1. The Kier molecular flexibility index (Phi) is 8.20. The zero-order valence-corrected chi connectivity index (χ0v) is 18.4. The van der Waals surface area contributed by atoms with Crippen molar-refractivity contribution in [3.63, 3.8) is 0 Å². The molecular formula is C24H19F5N2O5. The number of para-hydroxylation sites is 1. The van der Waals surface area contributed by atoms with E-state index in [0.29, 0.717) is 52.8 Å². The van der Waals surface area contributed by atoms with Crippen LogP contribution in [0.4, 0.5) is 27.6 Å². The normalized spacial score (nSPS) is 14.8. The van der Waals surface area contributed by atoms with Crippen molar-refractivity contribution in [3.8, 4) is 0 Å². The van der Waals surface area contributed by atoms with Crippen molar-refractivity contribution in [2.45, 2.75) is 31.9 Å². The number of fused-ring (bicyclic) bond motifs is 2. The molecule has 1 heterocycles. The van der Waals surface area contributed by atoms with Crippen LogP contribution < -0.4 is 5.32 Å². The van der Waals surface area contributed by atoms with Gasteiger partial charge in [0.15, 0.2) is 23.3 Å². The molecule has 2 aromatic carbocycles. The van der Waals surface area contributed by atoms with Crippen LogP contribution in [0.25, 0.3) is 10.9 Å². The first-order valence-electron chi connectivity index (χ1n) is 10.5. The van der Waals surface area contributed by atoms with E-state index in [4.69, 9.17) is 10.2 Å². The third kappa shape index (κ3) is 5.60. The molecule has 36 heavy (non-hydrogen) atoms. The van der Waals surface area contributed by atoms with Crippen LogP contribution >= 0.6 is 0 Å². The van der Waals surface area contributed by atoms with Gasteiger partial charge in [0.1, 0.15) is 0 Å². The van der Waals surface area contributed by atoms with Gasteiger partial charge in [-0.05, 0) is 25.3 Å². The van der Waals surface area contributed by atoms with Crippen LogP contribution in [0.2, 0.25) is 0 Å². The summed E-state index contributed by atoms with van der Waals surface area (Å²) in [5, 5.41) is 29.4. The molecule has 1 atom stereocenters. The summed E-state index contributed by atoms with van der Waals surface area (Å²) in [5.41, 5.74) is 1.18. The molecule has 0 spiro atoms. The van der Waals surface area contributed by atoms with E-state index in [1.807, 2.05) is 0 Å². The van der Waals surface area contributed by atoms with Crippen LogP contribution in [0.15, 0.2) is 36.4 Å². The third-order valence-electron chi connectivity index (χ3n) is 5.34. The minimum absolute atomic E-state index is 0.386. The molecular weight excluding hydrogens is 491 g/mol. The SMILES string of the molecule is O=C(O)C=CC(=O)O.OC1CCCc2nc3ccccc3c(NCc3c(F)c(F)c(F)c(F)c3F)c21. The summed E-state index contributed by atoms with van der Waals surface area (Å²) in [6, 6.07) is 6.97. The molecule has 4 N–H and O–H groups in total. The number of benzene rings is 2. The number of carboxylic acid groups (broad SMARTS) is 2. The fraction of sp³-hybridized carbons (Fsp3) is 0.208. The van der Waals surface area contributed by atoms with Crippen LogP contribution in [-0.2, 0) is 22.6 Å². The number of nitrogens with zero attached hydrogens (tertiary/aromatic N) is 1. The maximum Gasteiger partial charge on any atom is 0.328 e. The molecule has 0 fully saturated rings. The first-order valence-corrected chi connectivity index (χ1v) is 10.5. The maximum atomic E-state index is 14.0. The number of hydrogen-bond donors (Lipinski definition) is 4. The fourth-order valence-corrected chi connectivity index (χ4v) is 3.75. The van der Waals surface area contributed by atoms with E-state index in [0.717, 1.165) is 6.42 Å². The highest BCUT2D eigenvalue weighted by atomic mass is 19.2. The van der Waals surface area contributed by atoms with E-state index in [1.165, 1.54) is 0 Å². The average Bonchev–Trinajstić information content (AvgIpc) is 2.85. The van der Waals surface area contributed by atoms with Gasteiger partial charge in [-0.25, -0.2) is 31.5 Å². The molecule has 4 rings (SSSR count). The van der Waals surface area contributed by atoms with Gasteiger partial charge in [0.05, 0.1) is 17.3 Å². The van der Waals surface area contributed by atoms with Crippen LogP contribution in [0.5, 0.6) is 0 Å². The Morgan fingerprint density at radius 3 is 2.08 bits per heavy atom. The van der Waals surface area contributed by atoms with E-state index >= 15 is 0 Å². The molecule has 1 unspecified atom stereocenters. The fourth-order valence-electron chi connectivity index (χ4n) is 3.75. The number of carboxylic acids is 2. The lowest BCUT2D eigenvalue weighted by Gasteiger charge is -2.25. The van der Waals surface area contributed by atoms with Crippen molar-refractivity contribution >= 4 is 28.5 Å². The van der Waals surface area contributed by atoms with Crippen LogP contribution in [0.3, 0.4) is 0 Å². The van der Waals surface area contributed by atoms with Crippen LogP contribution in [0.1, 0.15) is 35.8 Å². The monoisotopic (exact) mass is 510 g/mol. The minimum Gasteiger partial charge on any atom is -0.478 e. The van der Waals surface area contributed by atoms with Gasteiger partial charge in [-0.2, -0.15) is 0 Å². The zero-order valence-electron chi connectivity index (χ0n) is 18.4. The van der Waals surface area contributed by atoms with E-state index < -0.39 is 59.2 Å². The second-order valence-electron chi connectivity index (χ2n) is 7.68. The lowest BCUT2D eigenvalue weighted by molar-refractivity contribution is -0.134. The second-order valence-corrected chi connectivity index (χ2v) is 7.68. The van der Waals surface area contributed by atoms with Gasteiger partial charge >= 0.3 is 11.9 Å². The molecule has 7 nitrogen and oxygen atoms in total. The molecule has 1 aliphatic carbocycles. The lowest BCUT2D eigenvalue weighted by Crippen LogP contribution is -2.17. The quantitative estimate of drug-likeness (QED) is 0.171. The van der Waals surface area contributed by atoms with Crippen molar-refractivity contribution in [1.29, 1.82) is 0 Å². The molecule has 0 bridgehead atoms. The summed E-state index contributed by atoms with van der Waals surface area (Å²) >= 11 is 0. The van der Waals surface area contributed by atoms with Gasteiger partial charge < -0.3 is 20.6 Å². The molecule has 0 radical (unpaired) electrons. The van der Waals surface area contributed by atoms with E-state index in [-0.39, 0.29) is 0 Å². The molecule has 0 aliphatic heterocycles. The standard InChI is InChI=1S/C20H15F5N2O.C4H4O4/c21-15-10(16(22)18(24)19(25)17(15)23)8-26-20-9-4-1-2-5-11(9)27-12-6-3-7-13(28)14(12)20;5-3(6)1-2-4(7)8/h1-2,4-5,13,28H,3,6-8H2,(H,26,27);1-2H,(H,5,6)(H,7,8). The Balaban J connectivity index is 0.000000392. The third-order valence-corrected chi connectivity index (χ3v) is 5.34. The predicted molar refractivity (Wildman–Crippen MR) is 118 cm³/mol. The summed E-state index contributed by atoms with van der Waals surface area (Å²) in [4.78, 5) is 23.6. The summed E-state index contributed by atoms with van der Waals surface area (Å²) in [6.45, 7) is -0.640. The largest absolute Gasteiger partial charge is 0.478 e. The van der Waals surface area contributed by atoms with Crippen LogP contribution in [0, 0.1) is 29.1 Å².